The van der Waals surface area contributed by atoms with Gasteiger partial charge in [0, 0.05) is 4.91 Å². The number of rotatable bonds is 2. The van der Waals surface area contributed by atoms with Crippen LogP contribution >= 0.6 is 24.0 Å². The minimum atomic E-state index is -1.24. The van der Waals surface area contributed by atoms with Gasteiger partial charge in [-0.1, -0.05) is 6.07 Å². The van der Waals surface area contributed by atoms with Crippen LogP contribution in [0.4, 0.5) is 0 Å². The summed E-state index contributed by atoms with van der Waals surface area (Å²) in [4.78, 5) is 13.2. The molecule has 1 aliphatic heterocycles. The molecule has 5 heteroatoms. The second-order valence-electron chi connectivity index (χ2n) is 3.15. The summed E-state index contributed by atoms with van der Waals surface area (Å²) >= 11 is 5.74. The fourth-order valence-electron chi connectivity index (χ4n) is 1.51. The number of thiol groups is 1. The van der Waals surface area contributed by atoms with Crippen molar-refractivity contribution >= 4 is 29.9 Å². The third kappa shape index (κ3) is 1.56. The fourth-order valence-corrected chi connectivity index (χ4v) is 2.80. The predicted molar refractivity (Wildman–Crippen MR) is 65.3 cm³/mol. The summed E-state index contributed by atoms with van der Waals surface area (Å²) in [5.74, 6) is -0.472. The van der Waals surface area contributed by atoms with Gasteiger partial charge in [0.15, 0.2) is 0 Å². The number of carbonyl (C=O) groups excluding carboxylic acids is 1. The number of ether oxygens (including phenoxy) is 2. The first-order valence-electron chi connectivity index (χ1n) is 4.58. The molecule has 0 aliphatic carbocycles. The molecule has 1 atom stereocenters. The van der Waals surface area contributed by atoms with Gasteiger partial charge in [0.2, 0.25) is 0 Å². The van der Waals surface area contributed by atoms with Gasteiger partial charge in [0.1, 0.15) is 0 Å². The van der Waals surface area contributed by atoms with Crippen molar-refractivity contribution in [2.45, 2.75) is 5.60 Å². The molecule has 0 aromatic carbocycles. The molecule has 3 nitrogen and oxygen atoms in total. The second kappa shape index (κ2) is 4.35. The molecule has 0 N–H and O–H groups in total. The Kier molecular flexibility index (Phi) is 3.07. The smallest absolute Gasteiger partial charge is 0.361 e. The van der Waals surface area contributed by atoms with Crippen LogP contribution in [0.3, 0.4) is 0 Å². The van der Waals surface area contributed by atoms with E-state index in [1.807, 2.05) is 17.5 Å². The largest absolute Gasteiger partial charge is 0.472 e. The van der Waals surface area contributed by atoms with E-state index in [-0.39, 0.29) is 0 Å². The molecule has 1 aromatic rings. The lowest BCUT2D eigenvalue weighted by molar-refractivity contribution is -0.159. The molecule has 1 aromatic heterocycles. The Balaban J connectivity index is 2.54. The SMILES string of the molecule is COC(=O)C1(c2cccs2)OC=CC=C1S. The van der Waals surface area contributed by atoms with Crippen LogP contribution in [-0.4, -0.2) is 13.1 Å². The van der Waals surface area contributed by atoms with E-state index in [2.05, 4.69) is 12.6 Å². The summed E-state index contributed by atoms with van der Waals surface area (Å²) in [7, 11) is 1.33. The molecule has 0 saturated heterocycles. The zero-order valence-corrected chi connectivity index (χ0v) is 10.3. The maximum atomic E-state index is 11.9. The van der Waals surface area contributed by atoms with Crippen LogP contribution in [0.15, 0.2) is 40.8 Å². The monoisotopic (exact) mass is 254 g/mol. The minimum Gasteiger partial charge on any atom is -0.472 e. The Morgan fingerprint density at radius 1 is 1.62 bits per heavy atom. The van der Waals surface area contributed by atoms with Crippen molar-refractivity contribution in [2.24, 2.45) is 0 Å². The predicted octanol–water partition coefficient (Wildman–Crippen LogP) is 2.47. The van der Waals surface area contributed by atoms with Crippen LogP contribution in [0.5, 0.6) is 0 Å². The van der Waals surface area contributed by atoms with E-state index >= 15 is 0 Å². The Labute approximate surface area is 103 Å². The number of esters is 1. The Bertz CT molecular complexity index is 448. The van der Waals surface area contributed by atoms with Crippen molar-refractivity contribution in [2.75, 3.05) is 7.11 Å². The lowest BCUT2D eigenvalue weighted by atomic mass is 9.99. The van der Waals surface area contributed by atoms with E-state index in [1.165, 1.54) is 24.7 Å². The molecule has 0 bridgehead atoms. The third-order valence-corrected chi connectivity index (χ3v) is 3.71. The highest BCUT2D eigenvalue weighted by atomic mass is 32.1. The molecule has 0 spiro atoms. The molecule has 0 fully saturated rings. The van der Waals surface area contributed by atoms with Crippen LogP contribution in [0.1, 0.15) is 4.88 Å². The van der Waals surface area contributed by atoms with Crippen molar-refractivity contribution in [3.05, 3.63) is 45.7 Å². The Morgan fingerprint density at radius 2 is 2.44 bits per heavy atom. The molecule has 0 saturated carbocycles. The fraction of sp³-hybridized carbons (Fsp3) is 0.182. The number of methoxy groups -OCH3 is 1. The first-order valence-corrected chi connectivity index (χ1v) is 5.91. The average Bonchev–Trinajstić information content (AvgIpc) is 2.83. The summed E-state index contributed by atoms with van der Waals surface area (Å²) in [6.45, 7) is 0. The maximum Gasteiger partial charge on any atom is 0.361 e. The molecule has 0 amide bonds. The van der Waals surface area contributed by atoms with Crippen LogP contribution < -0.4 is 0 Å². The summed E-state index contributed by atoms with van der Waals surface area (Å²) < 4.78 is 10.3. The summed E-state index contributed by atoms with van der Waals surface area (Å²) in [5, 5.41) is 1.88. The molecular weight excluding hydrogens is 244 g/mol. The van der Waals surface area contributed by atoms with Crippen LogP contribution in [0.2, 0.25) is 0 Å². The van der Waals surface area contributed by atoms with E-state index < -0.39 is 11.6 Å². The van der Waals surface area contributed by atoms with Gasteiger partial charge < -0.3 is 9.47 Å². The van der Waals surface area contributed by atoms with Crippen molar-refractivity contribution < 1.29 is 14.3 Å². The van der Waals surface area contributed by atoms with Gasteiger partial charge in [-0.25, -0.2) is 4.79 Å². The summed E-state index contributed by atoms with van der Waals surface area (Å²) in [6, 6.07) is 3.68. The molecule has 2 rings (SSSR count). The minimum absolute atomic E-state index is 0.472. The number of carbonyl (C=O) groups is 1. The lowest BCUT2D eigenvalue weighted by Crippen LogP contribution is -2.39. The van der Waals surface area contributed by atoms with Gasteiger partial charge >= 0.3 is 5.97 Å². The molecule has 1 aliphatic rings. The topological polar surface area (TPSA) is 35.5 Å². The molecular formula is C11H10O3S2. The van der Waals surface area contributed by atoms with Gasteiger partial charge in [0.25, 0.3) is 5.60 Å². The van der Waals surface area contributed by atoms with Gasteiger partial charge in [-0.15, -0.1) is 24.0 Å². The zero-order valence-electron chi connectivity index (χ0n) is 8.54. The third-order valence-electron chi connectivity index (χ3n) is 2.28. The van der Waals surface area contributed by atoms with Crippen molar-refractivity contribution in [1.82, 2.24) is 0 Å². The van der Waals surface area contributed by atoms with Crippen LogP contribution in [-0.2, 0) is 19.9 Å². The van der Waals surface area contributed by atoms with E-state index in [0.717, 1.165) is 4.88 Å². The van der Waals surface area contributed by atoms with Crippen LogP contribution in [0.25, 0.3) is 0 Å². The Morgan fingerprint density at radius 3 is 3.00 bits per heavy atom. The van der Waals surface area contributed by atoms with Crippen molar-refractivity contribution in [3.8, 4) is 0 Å². The highest BCUT2D eigenvalue weighted by molar-refractivity contribution is 7.84. The quantitative estimate of drug-likeness (QED) is 0.650. The Hall–Kier alpha value is -1.20. The number of hydrogen-bond donors (Lipinski definition) is 1. The van der Waals surface area contributed by atoms with Gasteiger partial charge in [0.05, 0.1) is 18.2 Å². The van der Waals surface area contributed by atoms with Crippen molar-refractivity contribution in [3.63, 3.8) is 0 Å². The van der Waals surface area contributed by atoms with Gasteiger partial charge in [-0.3, -0.25) is 0 Å². The first-order chi connectivity index (χ1) is 7.71. The maximum absolute atomic E-state index is 11.9. The van der Waals surface area contributed by atoms with E-state index in [1.54, 1.807) is 12.2 Å². The highest BCUT2D eigenvalue weighted by Gasteiger charge is 2.47. The molecule has 0 radical (unpaired) electrons. The van der Waals surface area contributed by atoms with E-state index in [9.17, 15) is 4.79 Å². The zero-order chi connectivity index (χ0) is 11.6. The normalized spacial score (nSPS) is 23.5. The lowest BCUT2D eigenvalue weighted by Gasteiger charge is -2.31. The van der Waals surface area contributed by atoms with Gasteiger partial charge in [-0.05, 0) is 23.6 Å². The van der Waals surface area contributed by atoms with E-state index in [0.29, 0.717) is 4.91 Å². The first kappa shape index (κ1) is 11.3. The molecule has 1 unspecified atom stereocenters. The summed E-state index contributed by atoms with van der Waals surface area (Å²) in [5.41, 5.74) is -1.24. The van der Waals surface area contributed by atoms with Crippen LogP contribution in [0, 0.1) is 0 Å². The number of thiophene rings is 1. The molecule has 84 valence electrons. The summed E-state index contributed by atoms with van der Waals surface area (Å²) in [6.07, 6.45) is 4.89. The number of allylic oxidation sites excluding steroid dienone is 2. The highest BCUT2D eigenvalue weighted by Crippen LogP contribution is 2.41. The van der Waals surface area contributed by atoms with Crippen molar-refractivity contribution in [1.29, 1.82) is 0 Å². The van der Waals surface area contributed by atoms with Gasteiger partial charge in [-0.2, -0.15) is 0 Å². The second-order valence-corrected chi connectivity index (χ2v) is 4.58. The van der Waals surface area contributed by atoms with E-state index in [4.69, 9.17) is 9.47 Å². The molecule has 16 heavy (non-hydrogen) atoms. The average molecular weight is 254 g/mol. The number of hydrogen-bond acceptors (Lipinski definition) is 5. The molecule has 2 heterocycles. The standard InChI is InChI=1S/C11H10O3S2/c1-13-10(12)11(9-5-3-7-16-9)8(15)4-2-6-14-11/h2-7,15H,1H3.